The standard InChI is InChI=1S/C12F29P/c13-1(6(22,23)24,7(25,26)27)10(34,35)42(40,41,11(36,37)4(18,19)2(14,15)8(28,29)30)12(38,39)5(20,21)3(16,17)9(31,32)33. The van der Waals surface area contributed by atoms with E-state index in [0.29, 0.717) is 0 Å². The SMILES string of the molecule is FC(F)(F)C(F)(F)C(F)(F)C(F)(F)P(F)(F)(C(F)(F)C(F)(F)C(F)(F)C(F)(F)F)C(F)(F)C(F)(C(F)(F)F)C(F)(F)F. The second kappa shape index (κ2) is 8.99. The third kappa shape index (κ3) is 4.03. The molecule has 42 heavy (non-hydrogen) atoms. The Labute approximate surface area is 206 Å². The second-order valence-electron chi connectivity index (χ2n) is 7.48. The van der Waals surface area contributed by atoms with Crippen LogP contribution in [0.25, 0.3) is 0 Å². The van der Waals surface area contributed by atoms with Gasteiger partial charge in [-0.05, 0) is 0 Å². The van der Waals surface area contributed by atoms with Crippen molar-refractivity contribution in [3.63, 3.8) is 0 Å². The predicted molar refractivity (Wildman–Crippen MR) is 71.8 cm³/mol. The van der Waals surface area contributed by atoms with Crippen molar-refractivity contribution in [2.24, 2.45) is 0 Å². The Bertz CT molecular complexity index is 943. The van der Waals surface area contributed by atoms with Gasteiger partial charge in [0, 0.05) is 0 Å². The Morgan fingerprint density at radius 1 is 0.238 bits per heavy atom. The minimum atomic E-state index is -15.3. The van der Waals surface area contributed by atoms with Gasteiger partial charge in [0.15, 0.2) is 0 Å². The average Bonchev–Trinajstić information content (AvgIpc) is 2.68. The Balaban J connectivity index is 9.07. The summed E-state index contributed by atoms with van der Waals surface area (Å²) in [4.78, 5) is 0. The third-order valence-corrected chi connectivity index (χ3v) is 8.76. The van der Waals surface area contributed by atoms with Crippen molar-refractivity contribution in [2.45, 2.75) is 71.1 Å². The maximum absolute atomic E-state index is 15.3. The third-order valence-electron chi connectivity index (χ3n) is 4.93. The van der Waals surface area contributed by atoms with Gasteiger partial charge >= 0.3 is 205 Å². The fourth-order valence-electron chi connectivity index (χ4n) is 2.53. The van der Waals surface area contributed by atoms with E-state index in [-0.39, 0.29) is 0 Å². The quantitative estimate of drug-likeness (QED) is 0.173. The minimum absolute atomic E-state index is 8.78. The van der Waals surface area contributed by atoms with E-state index >= 15 is 0 Å². The fraction of sp³-hybridized carbons (Fsp3) is 1.00. The van der Waals surface area contributed by atoms with Gasteiger partial charge in [0.05, 0.1) is 0 Å². The van der Waals surface area contributed by atoms with Crippen LogP contribution in [0.2, 0.25) is 0 Å². The van der Waals surface area contributed by atoms with Gasteiger partial charge in [-0.3, -0.25) is 0 Å². The van der Waals surface area contributed by atoms with E-state index in [2.05, 4.69) is 0 Å². The molecule has 0 rings (SSSR count). The topological polar surface area (TPSA) is 0 Å². The van der Waals surface area contributed by atoms with Crippen molar-refractivity contribution in [1.29, 1.82) is 0 Å². The monoisotopic (exact) mass is 726 g/mol. The maximum atomic E-state index is 14.8. The van der Waals surface area contributed by atoms with Crippen molar-refractivity contribution < 1.29 is 127 Å². The first-order valence-corrected chi connectivity index (χ1v) is 10.4. The van der Waals surface area contributed by atoms with E-state index in [1.165, 1.54) is 0 Å². The fourth-order valence-corrected chi connectivity index (χ4v) is 5.65. The Hall–Kier alpha value is -1.60. The van der Waals surface area contributed by atoms with Crippen LogP contribution in [0.4, 0.5) is 127 Å². The van der Waals surface area contributed by atoms with E-state index in [0.717, 1.165) is 0 Å². The first-order chi connectivity index (χ1) is 17.3. The van der Waals surface area contributed by atoms with Gasteiger partial charge in [-0.25, -0.2) is 0 Å². The molecule has 0 radical (unpaired) electrons. The van der Waals surface area contributed by atoms with Crippen LogP contribution in [0.15, 0.2) is 0 Å². The number of hydrogen-bond donors (Lipinski definition) is 0. The summed E-state index contributed by atoms with van der Waals surface area (Å²) in [6.07, 6.45) is -36.4. The summed E-state index contributed by atoms with van der Waals surface area (Å²) in [6.45, 7) is 0. The molecule has 256 valence electrons. The van der Waals surface area contributed by atoms with Crippen LogP contribution in [0.5, 0.6) is 0 Å². The van der Waals surface area contributed by atoms with Gasteiger partial charge < -0.3 is 0 Å². The van der Waals surface area contributed by atoms with Crippen LogP contribution in [-0.4, -0.2) is 71.1 Å². The van der Waals surface area contributed by atoms with E-state index < -0.39 is 78.3 Å². The summed E-state index contributed by atoms with van der Waals surface area (Å²) in [5.41, 5.74) is -43.4. The van der Waals surface area contributed by atoms with Gasteiger partial charge in [0.25, 0.3) is 0 Å². The molecule has 0 bridgehead atoms. The molecule has 0 N–H and O–H groups in total. The average molecular weight is 726 g/mol. The molecule has 0 aliphatic heterocycles. The summed E-state index contributed by atoms with van der Waals surface area (Å²) in [5.74, 6) is -39.4. The Kier molecular flexibility index (Phi) is 8.65. The second-order valence-corrected chi connectivity index (χ2v) is 11.0. The molecule has 0 unspecified atom stereocenters. The van der Waals surface area contributed by atoms with Crippen LogP contribution < -0.4 is 0 Å². The molecule has 0 aromatic rings. The molecule has 30 heteroatoms. The molecule has 0 spiro atoms. The number of alkyl halides is 27. The van der Waals surface area contributed by atoms with Crippen LogP contribution in [-0.2, 0) is 0 Å². The molecule has 0 saturated carbocycles. The normalized spacial score (nSPS) is 18.2. The van der Waals surface area contributed by atoms with Gasteiger partial charge in [-0.15, -0.1) is 0 Å². The first-order valence-electron chi connectivity index (χ1n) is 8.36. The molecule has 0 aromatic carbocycles. The summed E-state index contributed by atoms with van der Waals surface area (Å²) in [5, 5.41) is 0. The molecule has 0 aliphatic rings. The molecular formula is C12F29P. The Morgan fingerprint density at radius 2 is 0.429 bits per heavy atom. The van der Waals surface area contributed by atoms with Crippen molar-refractivity contribution in [1.82, 2.24) is 0 Å². The van der Waals surface area contributed by atoms with E-state index in [4.69, 9.17) is 0 Å². The molecule has 0 fully saturated rings. The predicted octanol–water partition coefficient (Wildman–Crippen LogP) is 10.6. The zero-order valence-corrected chi connectivity index (χ0v) is 18.3. The number of halogens is 29. The molecule has 0 saturated heterocycles. The molecule has 0 atom stereocenters. The molecule has 0 nitrogen and oxygen atoms in total. The molecule has 0 amide bonds. The van der Waals surface area contributed by atoms with Crippen molar-refractivity contribution in [2.75, 3.05) is 0 Å². The summed E-state index contributed by atoms with van der Waals surface area (Å²) in [6, 6.07) is 0. The van der Waals surface area contributed by atoms with Crippen molar-refractivity contribution in [3.05, 3.63) is 0 Å². The van der Waals surface area contributed by atoms with Crippen molar-refractivity contribution >= 4 is 7.22 Å². The van der Waals surface area contributed by atoms with Crippen LogP contribution >= 0.6 is 7.22 Å². The van der Waals surface area contributed by atoms with Gasteiger partial charge in [-0.1, -0.05) is 0 Å². The summed E-state index contributed by atoms with van der Waals surface area (Å²) in [7, 11) is -15.3. The van der Waals surface area contributed by atoms with E-state index in [9.17, 15) is 127 Å². The number of rotatable bonds is 8. The zero-order valence-electron chi connectivity index (χ0n) is 17.4. The van der Waals surface area contributed by atoms with Gasteiger partial charge in [0.1, 0.15) is 0 Å². The first kappa shape index (κ1) is 40.4. The Morgan fingerprint density at radius 3 is 0.571 bits per heavy atom. The van der Waals surface area contributed by atoms with Crippen LogP contribution in [0.1, 0.15) is 0 Å². The van der Waals surface area contributed by atoms with Crippen molar-refractivity contribution in [3.8, 4) is 0 Å². The van der Waals surface area contributed by atoms with Crippen LogP contribution in [0.3, 0.4) is 0 Å². The number of hydrogen-bond acceptors (Lipinski definition) is 0. The van der Waals surface area contributed by atoms with Gasteiger partial charge in [-0.2, -0.15) is 0 Å². The molecule has 0 aromatic heterocycles. The van der Waals surface area contributed by atoms with E-state index in [1.54, 1.807) is 0 Å². The zero-order chi connectivity index (χ0) is 35.4. The summed E-state index contributed by atoms with van der Waals surface area (Å²) >= 11 is 0. The van der Waals surface area contributed by atoms with Gasteiger partial charge in [0.2, 0.25) is 0 Å². The molecule has 0 heterocycles. The van der Waals surface area contributed by atoms with Crippen LogP contribution in [0, 0.1) is 0 Å². The molecule has 0 aliphatic carbocycles. The van der Waals surface area contributed by atoms with E-state index in [1.807, 2.05) is 0 Å². The molecular weight excluding hydrogens is 726 g/mol. The summed E-state index contributed by atoms with van der Waals surface area (Å²) < 4.78 is 382.